The van der Waals surface area contributed by atoms with E-state index in [9.17, 15) is 4.39 Å². The van der Waals surface area contributed by atoms with E-state index in [2.05, 4.69) is 17.2 Å². The van der Waals surface area contributed by atoms with Crippen LogP contribution in [0.4, 0.5) is 4.39 Å². The van der Waals surface area contributed by atoms with Crippen LogP contribution in [-0.4, -0.2) is 12.0 Å². The zero-order chi connectivity index (χ0) is 14.4. The topological polar surface area (TPSA) is 24.9 Å². The summed E-state index contributed by atoms with van der Waals surface area (Å²) >= 11 is 0. The Balaban J connectivity index is 1.95. The summed E-state index contributed by atoms with van der Waals surface area (Å²) < 4.78 is 13.9. The van der Waals surface area contributed by atoms with E-state index in [0.717, 1.165) is 11.5 Å². The minimum atomic E-state index is -0.181. The van der Waals surface area contributed by atoms with Crippen LogP contribution in [0.2, 0.25) is 0 Å². The van der Waals surface area contributed by atoms with E-state index in [1.54, 1.807) is 6.20 Å². The van der Waals surface area contributed by atoms with Gasteiger partial charge in [0.15, 0.2) is 0 Å². The quantitative estimate of drug-likeness (QED) is 0.830. The van der Waals surface area contributed by atoms with Crippen molar-refractivity contribution < 1.29 is 4.39 Å². The zero-order valence-corrected chi connectivity index (χ0v) is 12.7. The second-order valence-electron chi connectivity index (χ2n) is 6.09. The molecule has 0 saturated heterocycles. The maximum Gasteiger partial charge on any atom is 0.146 e. The first kappa shape index (κ1) is 15.4. The van der Waals surface area contributed by atoms with Crippen LogP contribution in [-0.2, 0) is 0 Å². The minimum absolute atomic E-state index is 0.130. The van der Waals surface area contributed by atoms with Gasteiger partial charge in [0.1, 0.15) is 5.82 Å². The molecule has 2 nitrogen and oxygen atoms in total. The Labute approximate surface area is 122 Å². The van der Waals surface area contributed by atoms with E-state index in [-0.39, 0.29) is 11.9 Å². The molecule has 1 atom stereocenters. The number of halogens is 1. The first-order valence-corrected chi connectivity index (χ1v) is 8.03. The molecular weight excluding hydrogens is 251 g/mol. The molecule has 1 aliphatic carbocycles. The molecule has 1 aliphatic rings. The van der Waals surface area contributed by atoms with Crippen LogP contribution in [0.15, 0.2) is 18.5 Å². The summed E-state index contributed by atoms with van der Waals surface area (Å²) in [4.78, 5) is 3.85. The fraction of sp³-hybridized carbons (Fsp3) is 0.706. The molecule has 0 bridgehead atoms. The first-order chi connectivity index (χ1) is 9.76. The van der Waals surface area contributed by atoms with Crippen molar-refractivity contribution >= 4 is 0 Å². The number of rotatable bonds is 6. The average Bonchev–Trinajstić information content (AvgIpc) is 2.49. The maximum atomic E-state index is 13.9. The van der Waals surface area contributed by atoms with Crippen molar-refractivity contribution in [3.05, 3.63) is 29.8 Å². The highest BCUT2D eigenvalue weighted by molar-refractivity contribution is 5.18. The van der Waals surface area contributed by atoms with Crippen molar-refractivity contribution in [1.29, 1.82) is 0 Å². The molecule has 1 saturated carbocycles. The summed E-state index contributed by atoms with van der Waals surface area (Å²) in [6, 6.07) is 1.95. The number of nitrogens with zero attached hydrogens (tertiary/aromatic N) is 1. The zero-order valence-electron chi connectivity index (χ0n) is 12.7. The van der Waals surface area contributed by atoms with Crippen molar-refractivity contribution in [1.82, 2.24) is 10.3 Å². The molecule has 2 rings (SSSR count). The second kappa shape index (κ2) is 7.72. The largest absolute Gasteiger partial charge is 0.313 e. The first-order valence-electron chi connectivity index (χ1n) is 8.03. The monoisotopic (exact) mass is 278 g/mol. The fourth-order valence-corrected chi connectivity index (χ4v) is 3.59. The summed E-state index contributed by atoms with van der Waals surface area (Å²) in [6.45, 7) is 2.26. The minimum Gasteiger partial charge on any atom is -0.313 e. The lowest BCUT2D eigenvalue weighted by atomic mass is 9.75. The summed E-state index contributed by atoms with van der Waals surface area (Å²) in [5.41, 5.74) is 0.777. The molecular formula is C17H27FN2. The third-order valence-electron chi connectivity index (χ3n) is 4.78. The van der Waals surface area contributed by atoms with Crippen LogP contribution in [0.25, 0.3) is 0 Å². The number of pyridine rings is 1. The van der Waals surface area contributed by atoms with Crippen LogP contribution in [0.3, 0.4) is 0 Å². The van der Waals surface area contributed by atoms with Crippen LogP contribution in [0.1, 0.15) is 63.5 Å². The fourth-order valence-electron chi connectivity index (χ4n) is 3.59. The van der Waals surface area contributed by atoms with Crippen molar-refractivity contribution in [3.8, 4) is 0 Å². The molecule has 0 spiro atoms. The van der Waals surface area contributed by atoms with Crippen molar-refractivity contribution in [2.45, 2.75) is 57.9 Å². The summed E-state index contributed by atoms with van der Waals surface area (Å²) in [5, 5.41) is 3.32. The van der Waals surface area contributed by atoms with Gasteiger partial charge in [0.2, 0.25) is 0 Å². The predicted molar refractivity (Wildman–Crippen MR) is 81.0 cm³/mol. The third kappa shape index (κ3) is 3.78. The Bertz CT molecular complexity index is 400. The number of hydrogen-bond acceptors (Lipinski definition) is 2. The summed E-state index contributed by atoms with van der Waals surface area (Å²) in [7, 11) is 1.94. The normalized spacial score (nSPS) is 24.6. The van der Waals surface area contributed by atoms with E-state index >= 15 is 0 Å². The molecule has 1 aromatic rings. The van der Waals surface area contributed by atoms with Gasteiger partial charge in [-0.1, -0.05) is 39.0 Å². The standard InChI is InChI=1S/C17H27FN2/c1-3-4-5-13-6-8-14(9-7-13)17(19-2)15-10-11-20-12-16(15)18/h10-14,17,19H,3-9H2,1-2H3. The van der Waals surface area contributed by atoms with Gasteiger partial charge in [0.05, 0.1) is 6.20 Å². The Morgan fingerprint density at radius 1 is 1.35 bits per heavy atom. The lowest BCUT2D eigenvalue weighted by Gasteiger charge is -2.34. The van der Waals surface area contributed by atoms with E-state index in [1.807, 2.05) is 13.1 Å². The highest BCUT2D eigenvalue weighted by Crippen LogP contribution is 2.38. The van der Waals surface area contributed by atoms with Crippen LogP contribution in [0.5, 0.6) is 0 Å². The predicted octanol–water partition coefficient (Wildman–Crippen LogP) is 4.48. The van der Waals surface area contributed by atoms with Crippen LogP contribution < -0.4 is 5.32 Å². The molecule has 0 radical (unpaired) electrons. The maximum absolute atomic E-state index is 13.9. The van der Waals surface area contributed by atoms with Crippen molar-refractivity contribution in [2.24, 2.45) is 11.8 Å². The lowest BCUT2D eigenvalue weighted by Crippen LogP contribution is -2.29. The summed E-state index contributed by atoms with van der Waals surface area (Å²) in [5.74, 6) is 1.26. The highest BCUT2D eigenvalue weighted by Gasteiger charge is 2.28. The van der Waals surface area contributed by atoms with E-state index in [0.29, 0.717) is 5.92 Å². The van der Waals surface area contributed by atoms with Gasteiger partial charge < -0.3 is 5.32 Å². The van der Waals surface area contributed by atoms with Crippen molar-refractivity contribution in [3.63, 3.8) is 0 Å². The molecule has 112 valence electrons. The van der Waals surface area contributed by atoms with E-state index in [1.165, 1.54) is 51.1 Å². The number of hydrogen-bond donors (Lipinski definition) is 1. The van der Waals surface area contributed by atoms with Gasteiger partial charge in [-0.3, -0.25) is 4.98 Å². The Morgan fingerprint density at radius 3 is 2.70 bits per heavy atom. The van der Waals surface area contributed by atoms with E-state index < -0.39 is 0 Å². The second-order valence-corrected chi connectivity index (χ2v) is 6.09. The van der Waals surface area contributed by atoms with Crippen LogP contribution in [0, 0.1) is 17.7 Å². The van der Waals surface area contributed by atoms with Gasteiger partial charge in [0, 0.05) is 17.8 Å². The molecule has 0 aromatic carbocycles. The number of nitrogens with one attached hydrogen (secondary N) is 1. The van der Waals surface area contributed by atoms with Gasteiger partial charge in [0.25, 0.3) is 0 Å². The Kier molecular flexibility index (Phi) is 5.96. The Morgan fingerprint density at radius 2 is 2.10 bits per heavy atom. The molecule has 3 heteroatoms. The molecule has 1 unspecified atom stereocenters. The van der Waals surface area contributed by atoms with Gasteiger partial charge in [-0.05, 0) is 37.8 Å². The average molecular weight is 278 g/mol. The van der Waals surface area contributed by atoms with Gasteiger partial charge in [-0.2, -0.15) is 0 Å². The third-order valence-corrected chi connectivity index (χ3v) is 4.78. The van der Waals surface area contributed by atoms with Gasteiger partial charge >= 0.3 is 0 Å². The lowest BCUT2D eigenvalue weighted by molar-refractivity contribution is 0.215. The molecule has 1 fully saturated rings. The highest BCUT2D eigenvalue weighted by atomic mass is 19.1. The smallest absolute Gasteiger partial charge is 0.146 e. The molecule has 1 aromatic heterocycles. The van der Waals surface area contributed by atoms with Crippen molar-refractivity contribution in [2.75, 3.05) is 7.05 Å². The van der Waals surface area contributed by atoms with Gasteiger partial charge in [-0.25, -0.2) is 4.39 Å². The number of aromatic nitrogens is 1. The SMILES string of the molecule is CCCCC1CCC(C(NC)c2ccncc2F)CC1. The molecule has 1 N–H and O–H groups in total. The van der Waals surface area contributed by atoms with E-state index in [4.69, 9.17) is 0 Å². The summed E-state index contributed by atoms with van der Waals surface area (Å²) in [6.07, 6.45) is 12.1. The van der Waals surface area contributed by atoms with Crippen LogP contribution >= 0.6 is 0 Å². The molecule has 20 heavy (non-hydrogen) atoms. The van der Waals surface area contributed by atoms with Gasteiger partial charge in [-0.15, -0.1) is 0 Å². The molecule has 0 aliphatic heterocycles. The Hall–Kier alpha value is -0.960. The molecule has 0 amide bonds. The molecule has 1 heterocycles. The number of unbranched alkanes of at least 4 members (excludes halogenated alkanes) is 1.